The summed E-state index contributed by atoms with van der Waals surface area (Å²) < 4.78 is 10.2. The summed E-state index contributed by atoms with van der Waals surface area (Å²) in [6, 6.07) is 9.74. The lowest BCUT2D eigenvalue weighted by Gasteiger charge is -2.23. The van der Waals surface area contributed by atoms with E-state index < -0.39 is 0 Å². The Morgan fingerprint density at radius 2 is 2.06 bits per heavy atom. The van der Waals surface area contributed by atoms with E-state index in [4.69, 9.17) is 15.2 Å². The van der Waals surface area contributed by atoms with Crippen LogP contribution in [0.5, 0.6) is 0 Å². The second kappa shape index (κ2) is 7.65. The Morgan fingerprint density at radius 1 is 1.35 bits per heavy atom. The molecule has 0 saturated heterocycles. The second-order valence-corrected chi connectivity index (χ2v) is 3.32. The normalized spacial score (nSPS) is 11.5. The zero-order chi connectivity index (χ0) is 12.5. The summed E-state index contributed by atoms with van der Waals surface area (Å²) in [7, 11) is 1.58. The van der Waals surface area contributed by atoms with Crippen molar-refractivity contribution in [2.24, 2.45) is 10.7 Å². The van der Waals surface area contributed by atoms with E-state index in [1.807, 2.05) is 37.3 Å². The number of anilines is 1. The Kier molecular flexibility index (Phi) is 6.06. The molecular weight excluding hydrogens is 218 g/mol. The first-order chi connectivity index (χ1) is 8.29. The van der Waals surface area contributed by atoms with Gasteiger partial charge in [0, 0.05) is 19.4 Å². The fraction of sp³-hybridized carbons (Fsp3) is 0.417. The standard InChI is InChI=1S/C12H19N3O2/c1-3-17-10-15(12(13)14-9-16-2)11-7-5-4-6-8-11/h4-8H,3,9-10H2,1-2H3,(H2,13,14). The minimum absolute atomic E-state index is 0.237. The molecule has 0 saturated carbocycles. The Bertz CT molecular complexity index is 341. The monoisotopic (exact) mass is 237 g/mol. The van der Waals surface area contributed by atoms with Crippen LogP contribution in [0, 0.1) is 0 Å². The third-order valence-electron chi connectivity index (χ3n) is 2.12. The predicted octanol–water partition coefficient (Wildman–Crippen LogP) is 1.41. The van der Waals surface area contributed by atoms with Crippen molar-refractivity contribution < 1.29 is 9.47 Å². The zero-order valence-corrected chi connectivity index (χ0v) is 10.3. The van der Waals surface area contributed by atoms with Gasteiger partial charge in [-0.05, 0) is 19.1 Å². The molecule has 0 spiro atoms. The molecule has 0 radical (unpaired) electrons. The maximum Gasteiger partial charge on any atom is 0.200 e. The lowest BCUT2D eigenvalue weighted by Crippen LogP contribution is -2.39. The van der Waals surface area contributed by atoms with Crippen LogP contribution in [0.1, 0.15) is 6.92 Å². The van der Waals surface area contributed by atoms with Crippen molar-refractivity contribution in [2.75, 3.05) is 32.1 Å². The summed E-state index contributed by atoms with van der Waals surface area (Å²) in [4.78, 5) is 5.88. The molecule has 0 heterocycles. The Morgan fingerprint density at radius 3 is 2.65 bits per heavy atom. The smallest absolute Gasteiger partial charge is 0.200 e. The number of methoxy groups -OCH3 is 1. The van der Waals surface area contributed by atoms with Crippen LogP contribution in [-0.2, 0) is 9.47 Å². The first-order valence-electron chi connectivity index (χ1n) is 5.48. The number of rotatable bonds is 6. The van der Waals surface area contributed by atoms with Gasteiger partial charge in [-0.2, -0.15) is 0 Å². The van der Waals surface area contributed by atoms with Crippen molar-refractivity contribution in [3.8, 4) is 0 Å². The lowest BCUT2D eigenvalue weighted by molar-refractivity contribution is 0.155. The summed E-state index contributed by atoms with van der Waals surface area (Å²) in [5.74, 6) is 0.381. The lowest BCUT2D eigenvalue weighted by atomic mass is 10.3. The van der Waals surface area contributed by atoms with E-state index in [2.05, 4.69) is 4.99 Å². The molecule has 1 aromatic rings. The highest BCUT2D eigenvalue weighted by molar-refractivity contribution is 5.94. The van der Waals surface area contributed by atoms with E-state index in [0.29, 0.717) is 19.3 Å². The fourth-order valence-corrected chi connectivity index (χ4v) is 1.28. The number of para-hydroxylation sites is 1. The number of hydrogen-bond donors (Lipinski definition) is 1. The van der Waals surface area contributed by atoms with Crippen LogP contribution in [0.3, 0.4) is 0 Å². The molecule has 0 aliphatic heterocycles. The van der Waals surface area contributed by atoms with Crippen LogP contribution in [0.25, 0.3) is 0 Å². The zero-order valence-electron chi connectivity index (χ0n) is 10.3. The number of guanidine groups is 1. The molecule has 1 rings (SSSR count). The highest BCUT2D eigenvalue weighted by Crippen LogP contribution is 2.12. The largest absolute Gasteiger partial charge is 0.369 e. The van der Waals surface area contributed by atoms with Gasteiger partial charge in [-0.3, -0.25) is 4.90 Å². The van der Waals surface area contributed by atoms with Gasteiger partial charge in [0.2, 0.25) is 0 Å². The van der Waals surface area contributed by atoms with Gasteiger partial charge >= 0.3 is 0 Å². The Balaban J connectivity index is 2.80. The Labute approximate surface area is 102 Å². The summed E-state index contributed by atoms with van der Waals surface area (Å²) in [6.07, 6.45) is 0. The van der Waals surface area contributed by atoms with Crippen molar-refractivity contribution in [2.45, 2.75) is 6.92 Å². The van der Waals surface area contributed by atoms with Crippen LogP contribution in [-0.4, -0.2) is 33.1 Å². The van der Waals surface area contributed by atoms with Gasteiger partial charge in [0.05, 0.1) is 0 Å². The van der Waals surface area contributed by atoms with E-state index in [1.54, 1.807) is 12.0 Å². The summed E-state index contributed by atoms with van der Waals surface area (Å²) >= 11 is 0. The predicted molar refractivity (Wildman–Crippen MR) is 68.9 cm³/mol. The Hall–Kier alpha value is -1.59. The fourth-order valence-electron chi connectivity index (χ4n) is 1.28. The van der Waals surface area contributed by atoms with Gasteiger partial charge in [0.25, 0.3) is 0 Å². The molecule has 17 heavy (non-hydrogen) atoms. The van der Waals surface area contributed by atoms with E-state index in [9.17, 15) is 0 Å². The van der Waals surface area contributed by atoms with Crippen molar-refractivity contribution >= 4 is 11.6 Å². The number of hydrogen-bond acceptors (Lipinski definition) is 3. The average molecular weight is 237 g/mol. The summed E-state index contributed by atoms with van der Waals surface area (Å²) in [5.41, 5.74) is 6.84. The topological polar surface area (TPSA) is 60.1 Å². The third-order valence-corrected chi connectivity index (χ3v) is 2.12. The van der Waals surface area contributed by atoms with Crippen molar-refractivity contribution in [3.05, 3.63) is 30.3 Å². The first-order valence-corrected chi connectivity index (χ1v) is 5.48. The SMILES string of the molecule is CCOCN(C(N)=NCOC)c1ccccc1. The minimum atomic E-state index is 0.237. The van der Waals surface area contributed by atoms with E-state index in [-0.39, 0.29) is 6.73 Å². The number of ether oxygens (including phenoxy) is 2. The van der Waals surface area contributed by atoms with Crippen LogP contribution in [0.4, 0.5) is 5.69 Å². The van der Waals surface area contributed by atoms with Crippen molar-refractivity contribution in [1.29, 1.82) is 0 Å². The summed E-state index contributed by atoms with van der Waals surface area (Å²) in [5, 5.41) is 0. The molecule has 0 atom stereocenters. The maximum absolute atomic E-state index is 5.89. The second-order valence-electron chi connectivity index (χ2n) is 3.32. The van der Waals surface area contributed by atoms with E-state index in [1.165, 1.54) is 0 Å². The molecule has 2 N–H and O–H groups in total. The highest BCUT2D eigenvalue weighted by Gasteiger charge is 2.09. The van der Waals surface area contributed by atoms with Gasteiger partial charge in [-0.25, -0.2) is 4.99 Å². The molecule has 0 fully saturated rings. The molecule has 0 unspecified atom stereocenters. The van der Waals surface area contributed by atoms with Gasteiger partial charge < -0.3 is 15.2 Å². The minimum Gasteiger partial charge on any atom is -0.369 e. The number of nitrogens with two attached hydrogens (primary N) is 1. The van der Waals surface area contributed by atoms with Gasteiger partial charge in [0.15, 0.2) is 5.96 Å². The van der Waals surface area contributed by atoms with Crippen molar-refractivity contribution in [1.82, 2.24) is 0 Å². The molecule has 5 heteroatoms. The third kappa shape index (κ3) is 4.42. The average Bonchev–Trinajstić information content (AvgIpc) is 2.38. The quantitative estimate of drug-likeness (QED) is 0.461. The van der Waals surface area contributed by atoms with Gasteiger partial charge in [-0.15, -0.1) is 0 Å². The van der Waals surface area contributed by atoms with Gasteiger partial charge in [-0.1, -0.05) is 18.2 Å². The number of nitrogens with zero attached hydrogens (tertiary/aromatic N) is 2. The molecule has 94 valence electrons. The maximum atomic E-state index is 5.89. The van der Waals surface area contributed by atoms with Gasteiger partial charge in [0.1, 0.15) is 13.5 Å². The molecule has 5 nitrogen and oxygen atoms in total. The van der Waals surface area contributed by atoms with Crippen LogP contribution >= 0.6 is 0 Å². The van der Waals surface area contributed by atoms with Crippen LogP contribution in [0.15, 0.2) is 35.3 Å². The molecule has 0 aliphatic rings. The van der Waals surface area contributed by atoms with E-state index >= 15 is 0 Å². The molecular formula is C12H19N3O2. The first kappa shape index (κ1) is 13.5. The van der Waals surface area contributed by atoms with Crippen LogP contribution in [0.2, 0.25) is 0 Å². The highest BCUT2D eigenvalue weighted by atomic mass is 16.5. The molecule has 0 bridgehead atoms. The number of aliphatic imine (C=N–C) groups is 1. The molecule has 0 aromatic heterocycles. The van der Waals surface area contributed by atoms with Crippen LogP contribution < -0.4 is 10.6 Å². The summed E-state index contributed by atoms with van der Waals surface area (Å²) in [6.45, 7) is 3.17. The molecule has 1 aromatic carbocycles. The molecule has 0 amide bonds. The number of benzene rings is 1. The van der Waals surface area contributed by atoms with Crippen molar-refractivity contribution in [3.63, 3.8) is 0 Å². The van der Waals surface area contributed by atoms with E-state index in [0.717, 1.165) is 5.69 Å². The molecule has 0 aliphatic carbocycles.